The smallest absolute Gasteiger partial charge is 0.321 e. The first kappa shape index (κ1) is 16.3. The van der Waals surface area contributed by atoms with E-state index >= 15 is 0 Å². The summed E-state index contributed by atoms with van der Waals surface area (Å²) in [5, 5.41) is 15.5. The molecule has 1 rings (SSSR count). The van der Waals surface area contributed by atoms with Crippen molar-refractivity contribution in [3.05, 3.63) is 34.1 Å². The van der Waals surface area contributed by atoms with Gasteiger partial charge in [0.15, 0.2) is 0 Å². The number of amides is 2. The van der Waals surface area contributed by atoms with Gasteiger partial charge in [0.25, 0.3) is 0 Å². The Morgan fingerprint density at radius 1 is 1.43 bits per heavy atom. The number of halogens is 1. The third kappa shape index (κ3) is 5.43. The first-order valence-corrected chi connectivity index (χ1v) is 5.96. The van der Waals surface area contributed by atoms with Crippen molar-refractivity contribution in [2.45, 2.75) is 26.3 Å². The van der Waals surface area contributed by atoms with Crippen LogP contribution in [0.4, 0.5) is 20.6 Å². The summed E-state index contributed by atoms with van der Waals surface area (Å²) < 4.78 is 13.2. The Kier molecular flexibility index (Phi) is 4.79. The molecule has 8 nitrogen and oxygen atoms in total. The number of carbonyl (C=O) groups excluding carboxylic acids is 1. The highest BCUT2D eigenvalue weighted by molar-refractivity contribution is 5.96. The van der Waals surface area contributed by atoms with Crippen molar-refractivity contribution in [2.75, 3.05) is 0 Å². The van der Waals surface area contributed by atoms with Crippen LogP contribution in [0.5, 0.6) is 0 Å². The number of nitro benzene ring substituents is 1. The Morgan fingerprint density at radius 3 is 2.57 bits per heavy atom. The number of nitrogens with zero attached hydrogens (tertiary/aromatic N) is 2. The standard InChI is InChI=1S/C12H16FN5O3/c1-12(2,3)17-11(19)16-10(14)15-7-4-5-8(13)9(6-7)18(20)21/h4-6H,1-3H3,(H4,14,15,16,17,19). The van der Waals surface area contributed by atoms with Gasteiger partial charge in [0.05, 0.1) is 10.6 Å². The molecule has 1 aromatic carbocycles. The van der Waals surface area contributed by atoms with E-state index in [0.717, 1.165) is 12.1 Å². The summed E-state index contributed by atoms with van der Waals surface area (Å²) in [6.45, 7) is 5.34. The molecular weight excluding hydrogens is 281 g/mol. The molecule has 0 fully saturated rings. The van der Waals surface area contributed by atoms with Crippen LogP contribution in [0.1, 0.15) is 20.8 Å². The number of rotatable bonds is 2. The van der Waals surface area contributed by atoms with Crippen LogP contribution >= 0.6 is 0 Å². The minimum absolute atomic E-state index is 0.0525. The van der Waals surface area contributed by atoms with Crippen LogP contribution < -0.4 is 16.4 Å². The van der Waals surface area contributed by atoms with Crippen molar-refractivity contribution in [3.63, 3.8) is 0 Å². The molecule has 0 aliphatic carbocycles. The summed E-state index contributed by atoms with van der Waals surface area (Å²) in [4.78, 5) is 25.0. The highest BCUT2D eigenvalue weighted by atomic mass is 19.1. The van der Waals surface area contributed by atoms with Gasteiger partial charge in [-0.3, -0.25) is 15.4 Å². The van der Waals surface area contributed by atoms with Gasteiger partial charge in [-0.15, -0.1) is 0 Å². The summed E-state index contributed by atoms with van der Waals surface area (Å²) in [6, 6.07) is 2.46. The Balaban J connectivity index is 2.85. The molecule has 4 N–H and O–H groups in total. The molecule has 0 saturated heterocycles. The van der Waals surface area contributed by atoms with Gasteiger partial charge in [-0.1, -0.05) is 0 Å². The molecule has 0 bridgehead atoms. The summed E-state index contributed by atoms with van der Waals surface area (Å²) >= 11 is 0. The van der Waals surface area contributed by atoms with Crippen molar-refractivity contribution in [1.82, 2.24) is 10.6 Å². The molecule has 9 heteroatoms. The first-order chi connectivity index (χ1) is 9.58. The molecule has 2 amide bonds. The van der Waals surface area contributed by atoms with Crippen molar-refractivity contribution < 1.29 is 14.1 Å². The largest absolute Gasteiger partial charge is 0.369 e. The van der Waals surface area contributed by atoms with Gasteiger partial charge in [0, 0.05) is 11.6 Å². The monoisotopic (exact) mass is 297 g/mol. The lowest BCUT2D eigenvalue weighted by molar-refractivity contribution is -0.387. The SMILES string of the molecule is CC(C)(C)NC(=O)NC(N)=Nc1ccc(F)c([N+](=O)[O-])c1. The maximum Gasteiger partial charge on any atom is 0.321 e. The molecule has 0 aromatic heterocycles. The molecule has 21 heavy (non-hydrogen) atoms. The van der Waals surface area contributed by atoms with E-state index in [0.29, 0.717) is 0 Å². The summed E-state index contributed by atoms with van der Waals surface area (Å²) in [7, 11) is 0. The number of nitrogens with one attached hydrogen (secondary N) is 2. The van der Waals surface area contributed by atoms with E-state index in [9.17, 15) is 19.3 Å². The molecule has 114 valence electrons. The van der Waals surface area contributed by atoms with Crippen LogP contribution in [0.3, 0.4) is 0 Å². The number of guanidine groups is 1. The zero-order valence-electron chi connectivity index (χ0n) is 11.8. The maximum atomic E-state index is 13.2. The fourth-order valence-electron chi connectivity index (χ4n) is 1.37. The normalized spacial score (nSPS) is 11.9. The molecule has 0 aliphatic rings. The van der Waals surface area contributed by atoms with Crippen LogP contribution in [0.15, 0.2) is 23.2 Å². The number of aliphatic imine (C=N–C) groups is 1. The second kappa shape index (κ2) is 6.16. The number of carbonyl (C=O) groups is 1. The molecule has 0 spiro atoms. The molecule has 0 aliphatic heterocycles. The van der Waals surface area contributed by atoms with Crippen molar-refractivity contribution in [3.8, 4) is 0 Å². The van der Waals surface area contributed by atoms with Gasteiger partial charge >= 0.3 is 11.7 Å². The Labute approximate surface area is 120 Å². The summed E-state index contributed by atoms with van der Waals surface area (Å²) in [6.07, 6.45) is 0. The third-order valence-electron chi connectivity index (χ3n) is 2.11. The van der Waals surface area contributed by atoms with Gasteiger partial charge in [-0.2, -0.15) is 4.39 Å². The quantitative estimate of drug-likeness (QED) is 0.333. The van der Waals surface area contributed by atoms with Crippen LogP contribution in [-0.2, 0) is 0 Å². The van der Waals surface area contributed by atoms with Gasteiger partial charge in [-0.05, 0) is 32.9 Å². The zero-order chi connectivity index (χ0) is 16.2. The highest BCUT2D eigenvalue weighted by Crippen LogP contribution is 2.23. The van der Waals surface area contributed by atoms with Crippen molar-refractivity contribution >= 4 is 23.4 Å². The number of nitro groups is 1. The number of hydrogen-bond acceptors (Lipinski definition) is 4. The van der Waals surface area contributed by atoms with E-state index in [2.05, 4.69) is 15.6 Å². The van der Waals surface area contributed by atoms with Crippen LogP contribution in [-0.4, -0.2) is 22.5 Å². The average Bonchev–Trinajstić information content (AvgIpc) is 2.28. The van der Waals surface area contributed by atoms with Gasteiger partial charge in [-0.25, -0.2) is 9.79 Å². The number of hydrogen-bond donors (Lipinski definition) is 3. The molecule has 0 radical (unpaired) electrons. The Morgan fingerprint density at radius 2 is 2.05 bits per heavy atom. The van der Waals surface area contributed by atoms with E-state index in [1.54, 1.807) is 20.8 Å². The van der Waals surface area contributed by atoms with Gasteiger partial charge < -0.3 is 11.1 Å². The van der Waals surface area contributed by atoms with E-state index < -0.39 is 28.0 Å². The molecule has 0 unspecified atom stereocenters. The molecule has 1 aromatic rings. The molecule has 0 atom stereocenters. The number of urea groups is 1. The fourth-order valence-corrected chi connectivity index (χ4v) is 1.37. The lowest BCUT2D eigenvalue weighted by Crippen LogP contribution is -2.50. The fraction of sp³-hybridized carbons (Fsp3) is 0.333. The topological polar surface area (TPSA) is 123 Å². The van der Waals surface area contributed by atoms with Gasteiger partial charge in [0.2, 0.25) is 11.8 Å². The Hall–Kier alpha value is -2.71. The third-order valence-corrected chi connectivity index (χ3v) is 2.11. The van der Waals surface area contributed by atoms with Crippen molar-refractivity contribution in [1.29, 1.82) is 0 Å². The van der Waals surface area contributed by atoms with E-state index in [-0.39, 0.29) is 11.6 Å². The van der Waals surface area contributed by atoms with E-state index in [4.69, 9.17) is 5.73 Å². The Bertz CT molecular complexity index is 595. The van der Waals surface area contributed by atoms with Crippen LogP contribution in [0.25, 0.3) is 0 Å². The van der Waals surface area contributed by atoms with Crippen LogP contribution in [0.2, 0.25) is 0 Å². The van der Waals surface area contributed by atoms with E-state index in [1.807, 2.05) is 0 Å². The number of nitrogens with two attached hydrogens (primary N) is 1. The minimum atomic E-state index is -0.976. The number of benzene rings is 1. The predicted octanol–water partition coefficient (Wildman–Crippen LogP) is 1.78. The molecule has 0 saturated carbocycles. The summed E-state index contributed by atoms with van der Waals surface area (Å²) in [5.41, 5.74) is 4.38. The highest BCUT2D eigenvalue weighted by Gasteiger charge is 2.16. The minimum Gasteiger partial charge on any atom is -0.369 e. The zero-order valence-corrected chi connectivity index (χ0v) is 11.8. The molecular formula is C12H16FN5O3. The van der Waals surface area contributed by atoms with Crippen molar-refractivity contribution in [2.24, 2.45) is 10.7 Å². The summed E-state index contributed by atoms with van der Waals surface area (Å²) in [5.74, 6) is -1.24. The second-order valence-corrected chi connectivity index (χ2v) is 5.22. The van der Waals surface area contributed by atoms with Gasteiger partial charge in [0.1, 0.15) is 0 Å². The predicted molar refractivity (Wildman–Crippen MR) is 75.8 cm³/mol. The van der Waals surface area contributed by atoms with Crippen LogP contribution in [0, 0.1) is 15.9 Å². The molecule has 0 heterocycles. The lowest BCUT2D eigenvalue weighted by Gasteiger charge is -2.20. The first-order valence-electron chi connectivity index (χ1n) is 5.96. The second-order valence-electron chi connectivity index (χ2n) is 5.22. The maximum absolute atomic E-state index is 13.2. The average molecular weight is 297 g/mol. The van der Waals surface area contributed by atoms with E-state index in [1.165, 1.54) is 6.07 Å². The lowest BCUT2D eigenvalue weighted by atomic mass is 10.1.